The summed E-state index contributed by atoms with van der Waals surface area (Å²) in [6, 6.07) is 8.39. The molecule has 0 bridgehead atoms. The number of amides is 2. The summed E-state index contributed by atoms with van der Waals surface area (Å²) >= 11 is 5.28. The van der Waals surface area contributed by atoms with Crippen molar-refractivity contribution >= 4 is 35.1 Å². The molecule has 150 valence electrons. The van der Waals surface area contributed by atoms with Gasteiger partial charge in [0.2, 0.25) is 11.8 Å². The zero-order valence-electron chi connectivity index (χ0n) is 15.4. The fourth-order valence-corrected chi connectivity index (χ4v) is 3.15. The zero-order chi connectivity index (χ0) is 19.9. The van der Waals surface area contributed by atoms with Gasteiger partial charge < -0.3 is 25.0 Å². The molecule has 1 aliphatic carbocycles. The second kappa shape index (κ2) is 9.50. The first-order chi connectivity index (χ1) is 13.5. The minimum absolute atomic E-state index is 0.00426. The van der Waals surface area contributed by atoms with E-state index in [0.29, 0.717) is 18.8 Å². The first-order valence-electron chi connectivity index (χ1n) is 9.27. The molecule has 0 spiro atoms. The molecule has 2 N–H and O–H groups in total. The van der Waals surface area contributed by atoms with Crippen molar-refractivity contribution in [2.24, 2.45) is 5.92 Å². The van der Waals surface area contributed by atoms with Gasteiger partial charge in [-0.2, -0.15) is 0 Å². The van der Waals surface area contributed by atoms with Gasteiger partial charge >= 0.3 is 5.97 Å². The molecule has 1 saturated heterocycles. The van der Waals surface area contributed by atoms with Crippen LogP contribution in [0, 0.1) is 5.92 Å². The fraction of sp³-hybridized carbons (Fsp3) is 0.474. The number of hydrogen-bond donors (Lipinski definition) is 2. The van der Waals surface area contributed by atoms with E-state index in [0.717, 1.165) is 12.8 Å². The van der Waals surface area contributed by atoms with E-state index in [9.17, 15) is 14.4 Å². The quantitative estimate of drug-likeness (QED) is 0.390. The average Bonchev–Trinajstić information content (AvgIpc) is 3.53. The minimum Gasteiger partial charge on any atom is -0.490 e. The van der Waals surface area contributed by atoms with Gasteiger partial charge in [-0.25, -0.2) is 0 Å². The molecule has 0 radical (unpaired) electrons. The summed E-state index contributed by atoms with van der Waals surface area (Å²) in [5.41, 5.74) is 0. The third-order valence-corrected chi connectivity index (χ3v) is 4.82. The summed E-state index contributed by atoms with van der Waals surface area (Å²) in [5, 5.41) is 5.56. The van der Waals surface area contributed by atoms with Gasteiger partial charge in [-0.3, -0.25) is 14.4 Å². The van der Waals surface area contributed by atoms with Gasteiger partial charge in [-0.05, 0) is 37.2 Å². The molecule has 1 heterocycles. The van der Waals surface area contributed by atoms with Crippen LogP contribution in [0.15, 0.2) is 30.3 Å². The molecule has 28 heavy (non-hydrogen) atoms. The summed E-state index contributed by atoms with van der Waals surface area (Å²) in [7, 11) is 0. The normalized spacial score (nSPS) is 18.8. The van der Waals surface area contributed by atoms with E-state index in [4.69, 9.17) is 21.7 Å². The lowest BCUT2D eigenvalue weighted by Crippen LogP contribution is -2.60. The van der Waals surface area contributed by atoms with Crippen molar-refractivity contribution in [2.45, 2.75) is 25.3 Å². The number of para-hydroxylation sites is 1. The lowest BCUT2D eigenvalue weighted by atomic mass is 10.1. The van der Waals surface area contributed by atoms with Crippen molar-refractivity contribution in [1.82, 2.24) is 15.5 Å². The topological polar surface area (TPSA) is 97.0 Å². The monoisotopic (exact) mass is 405 g/mol. The number of esters is 1. The zero-order valence-corrected chi connectivity index (χ0v) is 16.2. The number of piperazine rings is 1. The standard InChI is InChI=1S/C19H23N3O5S/c23-16(27-11-10-26-14-4-2-1-3-5-14)12-15-18(25)20-8-9-22(15)19(28)21-17(24)13-6-7-13/h1-5,13,15H,6-12H2,(H,20,25)(H,21,24,28). The molecule has 1 saturated carbocycles. The lowest BCUT2D eigenvalue weighted by molar-refractivity contribution is -0.148. The first-order valence-corrected chi connectivity index (χ1v) is 9.68. The van der Waals surface area contributed by atoms with Crippen molar-refractivity contribution in [2.75, 3.05) is 26.3 Å². The maximum atomic E-state index is 12.2. The fourth-order valence-electron chi connectivity index (χ4n) is 2.83. The van der Waals surface area contributed by atoms with Gasteiger partial charge in [0, 0.05) is 19.0 Å². The molecule has 1 aliphatic heterocycles. The van der Waals surface area contributed by atoms with Gasteiger partial charge in [0.1, 0.15) is 25.0 Å². The third-order valence-electron chi connectivity index (χ3n) is 4.49. The Balaban J connectivity index is 1.46. The van der Waals surface area contributed by atoms with Crippen molar-refractivity contribution in [1.29, 1.82) is 0 Å². The predicted molar refractivity (Wildman–Crippen MR) is 104 cm³/mol. The molecular formula is C19H23N3O5S. The number of ether oxygens (including phenoxy) is 2. The maximum Gasteiger partial charge on any atom is 0.308 e. The summed E-state index contributed by atoms with van der Waals surface area (Å²) in [5.74, 6) is -0.278. The Morgan fingerprint density at radius 2 is 1.96 bits per heavy atom. The summed E-state index contributed by atoms with van der Waals surface area (Å²) in [4.78, 5) is 37.9. The second-order valence-corrected chi connectivity index (χ2v) is 7.04. The minimum atomic E-state index is -0.803. The molecule has 1 aromatic rings. The molecule has 1 unspecified atom stereocenters. The highest BCUT2D eigenvalue weighted by Gasteiger charge is 2.36. The van der Waals surface area contributed by atoms with Gasteiger partial charge in [-0.1, -0.05) is 18.2 Å². The van der Waals surface area contributed by atoms with E-state index in [1.54, 1.807) is 4.90 Å². The molecule has 3 rings (SSSR count). The number of benzene rings is 1. The highest BCUT2D eigenvalue weighted by molar-refractivity contribution is 7.80. The van der Waals surface area contributed by atoms with Crippen LogP contribution in [0.25, 0.3) is 0 Å². The average molecular weight is 405 g/mol. The molecule has 0 aromatic heterocycles. The molecule has 1 aromatic carbocycles. The van der Waals surface area contributed by atoms with Crippen LogP contribution in [0.1, 0.15) is 19.3 Å². The molecule has 8 nitrogen and oxygen atoms in total. The van der Waals surface area contributed by atoms with Crippen LogP contribution in [-0.2, 0) is 19.1 Å². The summed E-state index contributed by atoms with van der Waals surface area (Å²) < 4.78 is 10.6. The second-order valence-electron chi connectivity index (χ2n) is 6.66. The number of carbonyl (C=O) groups is 3. The number of nitrogens with one attached hydrogen (secondary N) is 2. The smallest absolute Gasteiger partial charge is 0.308 e. The van der Waals surface area contributed by atoms with Crippen molar-refractivity contribution in [3.8, 4) is 5.75 Å². The van der Waals surface area contributed by atoms with Gasteiger partial charge in [-0.15, -0.1) is 0 Å². The number of carbonyl (C=O) groups excluding carboxylic acids is 3. The van der Waals surface area contributed by atoms with E-state index in [1.165, 1.54) is 0 Å². The predicted octanol–water partition coefficient (Wildman–Crippen LogP) is 0.610. The summed E-state index contributed by atoms with van der Waals surface area (Å²) in [6.07, 6.45) is 1.56. The third kappa shape index (κ3) is 5.66. The van der Waals surface area contributed by atoms with Crippen LogP contribution >= 0.6 is 12.2 Å². The Labute approximate surface area is 168 Å². The first kappa shape index (κ1) is 20.1. The highest BCUT2D eigenvalue weighted by atomic mass is 32.1. The number of nitrogens with zero attached hydrogens (tertiary/aromatic N) is 1. The van der Waals surface area contributed by atoms with Gasteiger partial charge in [0.05, 0.1) is 6.42 Å². The van der Waals surface area contributed by atoms with Crippen molar-refractivity contribution in [3.63, 3.8) is 0 Å². The Morgan fingerprint density at radius 1 is 1.21 bits per heavy atom. The molecular weight excluding hydrogens is 382 g/mol. The maximum absolute atomic E-state index is 12.2. The summed E-state index contributed by atoms with van der Waals surface area (Å²) in [6.45, 7) is 1.11. The van der Waals surface area contributed by atoms with Crippen LogP contribution < -0.4 is 15.4 Å². The Bertz CT molecular complexity index is 738. The molecule has 2 aliphatic rings. The Morgan fingerprint density at radius 3 is 2.68 bits per heavy atom. The van der Waals surface area contributed by atoms with Crippen LogP contribution in [-0.4, -0.2) is 60.1 Å². The van der Waals surface area contributed by atoms with E-state index in [2.05, 4.69) is 10.6 Å². The van der Waals surface area contributed by atoms with E-state index in [1.807, 2.05) is 30.3 Å². The molecule has 9 heteroatoms. The van der Waals surface area contributed by atoms with Crippen molar-refractivity contribution in [3.05, 3.63) is 30.3 Å². The molecule has 2 fully saturated rings. The van der Waals surface area contributed by atoms with Crippen LogP contribution in [0.3, 0.4) is 0 Å². The van der Waals surface area contributed by atoms with Crippen LogP contribution in [0.4, 0.5) is 0 Å². The highest BCUT2D eigenvalue weighted by Crippen LogP contribution is 2.28. The SMILES string of the molecule is O=C(CC1C(=O)NCCN1C(=S)NC(=O)C1CC1)OCCOc1ccccc1. The molecule has 2 amide bonds. The number of rotatable bonds is 7. The van der Waals surface area contributed by atoms with E-state index < -0.39 is 12.0 Å². The van der Waals surface area contributed by atoms with Crippen LogP contribution in [0.2, 0.25) is 0 Å². The van der Waals surface area contributed by atoms with Crippen molar-refractivity contribution < 1.29 is 23.9 Å². The van der Waals surface area contributed by atoms with Gasteiger partial charge in [0.25, 0.3) is 0 Å². The lowest BCUT2D eigenvalue weighted by Gasteiger charge is -2.36. The molecule has 1 atom stereocenters. The van der Waals surface area contributed by atoms with Crippen LogP contribution in [0.5, 0.6) is 5.75 Å². The van der Waals surface area contributed by atoms with E-state index >= 15 is 0 Å². The van der Waals surface area contributed by atoms with Gasteiger partial charge in [0.15, 0.2) is 5.11 Å². The largest absolute Gasteiger partial charge is 0.490 e. The Kier molecular flexibility index (Phi) is 6.80. The Hall–Kier alpha value is -2.68. The van der Waals surface area contributed by atoms with E-state index in [-0.39, 0.29) is 42.5 Å². The number of thiocarbonyl (C=S) groups is 1. The number of hydrogen-bond acceptors (Lipinski definition) is 6.